The van der Waals surface area contributed by atoms with Gasteiger partial charge < -0.3 is 10.0 Å². The summed E-state index contributed by atoms with van der Waals surface area (Å²) in [5.41, 5.74) is 0.101. The lowest BCUT2D eigenvalue weighted by atomic mass is 9.79. The molecule has 4 heteroatoms. The average molecular weight is 221 g/mol. The van der Waals surface area contributed by atoms with Crippen LogP contribution in [0, 0.1) is 12.3 Å². The molecule has 0 aromatic carbocycles. The van der Waals surface area contributed by atoms with Gasteiger partial charge in [0.15, 0.2) is 0 Å². The molecular weight excluding hydrogens is 202 g/mol. The van der Waals surface area contributed by atoms with Gasteiger partial charge in [0.25, 0.3) is 0 Å². The lowest BCUT2D eigenvalue weighted by molar-refractivity contribution is -0.00891. The van der Waals surface area contributed by atoms with Crippen molar-refractivity contribution in [1.82, 2.24) is 9.97 Å². The molecule has 0 amide bonds. The van der Waals surface area contributed by atoms with E-state index in [9.17, 15) is 5.11 Å². The van der Waals surface area contributed by atoms with Gasteiger partial charge in [-0.2, -0.15) is 0 Å². The molecule has 1 fully saturated rings. The van der Waals surface area contributed by atoms with Crippen molar-refractivity contribution >= 4 is 5.82 Å². The number of hydrogen-bond acceptors (Lipinski definition) is 4. The van der Waals surface area contributed by atoms with E-state index in [0.717, 1.165) is 18.1 Å². The molecule has 1 aromatic heterocycles. The van der Waals surface area contributed by atoms with Crippen molar-refractivity contribution < 1.29 is 5.11 Å². The Morgan fingerprint density at radius 3 is 2.31 bits per heavy atom. The Kier molecular flexibility index (Phi) is 2.42. The summed E-state index contributed by atoms with van der Waals surface area (Å²) >= 11 is 0. The van der Waals surface area contributed by atoms with Gasteiger partial charge in [-0.25, -0.2) is 4.98 Å². The third kappa shape index (κ3) is 1.67. The van der Waals surface area contributed by atoms with Gasteiger partial charge in [0.2, 0.25) is 0 Å². The molecule has 1 aliphatic heterocycles. The van der Waals surface area contributed by atoms with Gasteiger partial charge in [0.05, 0.1) is 11.3 Å². The van der Waals surface area contributed by atoms with Crippen molar-refractivity contribution in [3.63, 3.8) is 0 Å². The first kappa shape index (κ1) is 11.3. The van der Waals surface area contributed by atoms with E-state index in [1.54, 1.807) is 12.4 Å². The van der Waals surface area contributed by atoms with Gasteiger partial charge in [-0.15, -0.1) is 0 Å². The van der Waals surface area contributed by atoms with E-state index in [1.807, 2.05) is 13.8 Å². The standard InChI is InChI=1S/C12H19N3O/c1-9-10(14-6-5-13-9)15-7-11(2,3)12(4,16)8-15/h5-6,16H,7-8H2,1-4H3. The fourth-order valence-corrected chi connectivity index (χ4v) is 2.15. The summed E-state index contributed by atoms with van der Waals surface area (Å²) in [6, 6.07) is 0. The molecule has 1 aromatic rings. The van der Waals surface area contributed by atoms with E-state index in [0.29, 0.717) is 6.54 Å². The Hall–Kier alpha value is -1.16. The Bertz CT molecular complexity index is 385. The monoisotopic (exact) mass is 221 g/mol. The van der Waals surface area contributed by atoms with E-state index in [4.69, 9.17) is 0 Å². The summed E-state index contributed by atoms with van der Waals surface area (Å²) in [6.45, 7) is 9.41. The smallest absolute Gasteiger partial charge is 0.150 e. The number of hydrogen-bond donors (Lipinski definition) is 1. The van der Waals surface area contributed by atoms with Crippen molar-refractivity contribution in [3.05, 3.63) is 18.1 Å². The summed E-state index contributed by atoms with van der Waals surface area (Å²) in [7, 11) is 0. The number of aliphatic hydroxyl groups is 1. The molecule has 16 heavy (non-hydrogen) atoms. The third-order valence-electron chi connectivity index (χ3n) is 3.70. The van der Waals surface area contributed by atoms with E-state index < -0.39 is 5.60 Å². The number of aryl methyl sites for hydroxylation is 1. The predicted octanol–water partition coefficient (Wildman–Crippen LogP) is 1.38. The zero-order valence-corrected chi connectivity index (χ0v) is 10.4. The SMILES string of the molecule is Cc1nccnc1N1CC(C)(C)C(C)(O)C1. The maximum Gasteiger partial charge on any atom is 0.150 e. The first-order valence-corrected chi connectivity index (χ1v) is 5.58. The molecule has 0 spiro atoms. The molecule has 1 N–H and O–H groups in total. The zero-order chi connectivity index (χ0) is 12.0. The maximum absolute atomic E-state index is 10.4. The highest BCUT2D eigenvalue weighted by Crippen LogP contribution is 2.40. The highest BCUT2D eigenvalue weighted by Gasteiger charge is 2.48. The zero-order valence-electron chi connectivity index (χ0n) is 10.4. The minimum Gasteiger partial charge on any atom is -0.388 e. The van der Waals surface area contributed by atoms with E-state index >= 15 is 0 Å². The van der Waals surface area contributed by atoms with Crippen LogP contribution in [0.4, 0.5) is 5.82 Å². The van der Waals surface area contributed by atoms with Crippen LogP contribution >= 0.6 is 0 Å². The minimum atomic E-state index is -0.684. The Morgan fingerprint density at radius 1 is 1.19 bits per heavy atom. The maximum atomic E-state index is 10.4. The first-order valence-electron chi connectivity index (χ1n) is 5.58. The van der Waals surface area contributed by atoms with Crippen LogP contribution in [0.1, 0.15) is 26.5 Å². The minimum absolute atomic E-state index is 0.128. The molecule has 1 aliphatic rings. The van der Waals surface area contributed by atoms with Crippen molar-refractivity contribution in [1.29, 1.82) is 0 Å². The lowest BCUT2D eigenvalue weighted by Crippen LogP contribution is -2.40. The Morgan fingerprint density at radius 2 is 1.81 bits per heavy atom. The molecular formula is C12H19N3O. The molecule has 0 bridgehead atoms. The molecule has 0 radical (unpaired) electrons. The number of rotatable bonds is 1. The summed E-state index contributed by atoms with van der Waals surface area (Å²) in [4.78, 5) is 10.7. The molecule has 2 heterocycles. The second-order valence-electron chi connectivity index (χ2n) is 5.48. The van der Waals surface area contributed by atoms with Gasteiger partial charge in [-0.05, 0) is 13.8 Å². The molecule has 1 atom stereocenters. The molecule has 4 nitrogen and oxygen atoms in total. The summed E-state index contributed by atoms with van der Waals surface area (Å²) < 4.78 is 0. The van der Waals surface area contributed by atoms with Crippen LogP contribution in [-0.2, 0) is 0 Å². The third-order valence-corrected chi connectivity index (χ3v) is 3.70. The van der Waals surface area contributed by atoms with Crippen LogP contribution in [0.15, 0.2) is 12.4 Å². The fourth-order valence-electron chi connectivity index (χ4n) is 2.15. The van der Waals surface area contributed by atoms with E-state index in [1.165, 1.54) is 0 Å². The van der Waals surface area contributed by atoms with Gasteiger partial charge in [-0.1, -0.05) is 13.8 Å². The number of anilines is 1. The summed E-state index contributed by atoms with van der Waals surface area (Å²) in [6.07, 6.45) is 3.39. The van der Waals surface area contributed by atoms with Gasteiger partial charge in [-0.3, -0.25) is 4.98 Å². The second kappa shape index (κ2) is 3.42. The van der Waals surface area contributed by atoms with Crippen LogP contribution in [-0.4, -0.2) is 33.8 Å². The van der Waals surface area contributed by atoms with Crippen molar-refractivity contribution in [2.45, 2.75) is 33.3 Å². The second-order valence-corrected chi connectivity index (χ2v) is 5.48. The number of aromatic nitrogens is 2. The average Bonchev–Trinajstić information content (AvgIpc) is 2.36. The summed E-state index contributed by atoms with van der Waals surface area (Å²) in [5.74, 6) is 0.883. The molecule has 88 valence electrons. The van der Waals surface area contributed by atoms with Gasteiger partial charge >= 0.3 is 0 Å². The van der Waals surface area contributed by atoms with Crippen LogP contribution in [0.5, 0.6) is 0 Å². The largest absolute Gasteiger partial charge is 0.388 e. The van der Waals surface area contributed by atoms with Crippen LogP contribution in [0.2, 0.25) is 0 Å². The summed E-state index contributed by atoms with van der Waals surface area (Å²) in [5, 5.41) is 10.4. The lowest BCUT2D eigenvalue weighted by Gasteiger charge is -2.30. The van der Waals surface area contributed by atoms with Crippen LogP contribution in [0.3, 0.4) is 0 Å². The van der Waals surface area contributed by atoms with Gasteiger partial charge in [0.1, 0.15) is 5.82 Å². The quantitative estimate of drug-likeness (QED) is 0.778. The van der Waals surface area contributed by atoms with Crippen molar-refractivity contribution in [2.75, 3.05) is 18.0 Å². The first-order chi connectivity index (χ1) is 7.33. The Balaban J connectivity index is 2.31. The normalized spacial score (nSPS) is 28.4. The van der Waals surface area contributed by atoms with Crippen LogP contribution < -0.4 is 4.90 Å². The van der Waals surface area contributed by atoms with Crippen molar-refractivity contribution in [3.8, 4) is 0 Å². The molecule has 0 saturated carbocycles. The molecule has 0 aliphatic carbocycles. The highest BCUT2D eigenvalue weighted by atomic mass is 16.3. The molecule has 1 unspecified atom stereocenters. The predicted molar refractivity (Wildman–Crippen MR) is 63.4 cm³/mol. The highest BCUT2D eigenvalue weighted by molar-refractivity contribution is 5.45. The van der Waals surface area contributed by atoms with Gasteiger partial charge in [0, 0.05) is 30.9 Å². The number of nitrogens with zero attached hydrogens (tertiary/aromatic N) is 3. The molecule has 1 saturated heterocycles. The van der Waals surface area contributed by atoms with E-state index in [-0.39, 0.29) is 5.41 Å². The van der Waals surface area contributed by atoms with E-state index in [2.05, 4.69) is 28.7 Å². The fraction of sp³-hybridized carbons (Fsp3) is 0.667. The number of β-amino-alcohol motifs (C(OH)–C–C–N with tert-alkyl or cyclic N) is 1. The topological polar surface area (TPSA) is 49.2 Å². The molecule has 2 rings (SSSR count). The van der Waals surface area contributed by atoms with Crippen LogP contribution in [0.25, 0.3) is 0 Å². The Labute approximate surface area is 96.3 Å². The van der Waals surface area contributed by atoms with Crippen molar-refractivity contribution in [2.24, 2.45) is 5.41 Å².